The third-order valence-electron chi connectivity index (χ3n) is 6.78. The molecule has 0 radical (unpaired) electrons. The fourth-order valence-corrected chi connectivity index (χ4v) is 4.66. The lowest BCUT2D eigenvalue weighted by atomic mass is 9.60. The van der Waals surface area contributed by atoms with Crippen molar-refractivity contribution in [1.29, 1.82) is 0 Å². The standard InChI is InChI=1S/C23H35NO2/c1-20(2,3)26-18-13-17(22(18,6)7)14-24-19(25)23(15-21(23,4)5)16-11-9-8-10-12-16/h8-12,17-18H,13-15H2,1-7H3,(H,24,25). The Labute approximate surface area is 158 Å². The molecule has 144 valence electrons. The minimum absolute atomic E-state index is 0.0193. The van der Waals surface area contributed by atoms with Crippen LogP contribution in [0.15, 0.2) is 30.3 Å². The van der Waals surface area contributed by atoms with Gasteiger partial charge in [-0.3, -0.25) is 4.79 Å². The highest BCUT2D eigenvalue weighted by atomic mass is 16.5. The van der Waals surface area contributed by atoms with Crippen LogP contribution in [0, 0.1) is 16.7 Å². The molecule has 2 aliphatic carbocycles. The van der Waals surface area contributed by atoms with E-state index in [9.17, 15) is 4.79 Å². The maximum Gasteiger partial charge on any atom is 0.231 e. The minimum Gasteiger partial charge on any atom is -0.372 e. The number of carbonyl (C=O) groups excluding carboxylic acids is 1. The highest BCUT2D eigenvalue weighted by Gasteiger charge is 2.67. The molecule has 26 heavy (non-hydrogen) atoms. The first kappa shape index (κ1) is 19.4. The van der Waals surface area contributed by atoms with Crippen LogP contribution >= 0.6 is 0 Å². The van der Waals surface area contributed by atoms with Gasteiger partial charge >= 0.3 is 0 Å². The molecule has 0 bridgehead atoms. The van der Waals surface area contributed by atoms with Gasteiger partial charge in [-0.15, -0.1) is 0 Å². The number of hydrogen-bond acceptors (Lipinski definition) is 2. The largest absolute Gasteiger partial charge is 0.372 e. The van der Waals surface area contributed by atoms with Crippen LogP contribution in [-0.2, 0) is 14.9 Å². The quantitative estimate of drug-likeness (QED) is 0.829. The average molecular weight is 358 g/mol. The van der Waals surface area contributed by atoms with Gasteiger partial charge in [-0.1, -0.05) is 58.0 Å². The summed E-state index contributed by atoms with van der Waals surface area (Å²) in [7, 11) is 0. The van der Waals surface area contributed by atoms with Crippen molar-refractivity contribution >= 4 is 5.91 Å². The monoisotopic (exact) mass is 357 g/mol. The number of hydrogen-bond donors (Lipinski definition) is 1. The number of carbonyl (C=O) groups is 1. The van der Waals surface area contributed by atoms with Crippen molar-refractivity contribution in [3.8, 4) is 0 Å². The molecule has 2 fully saturated rings. The number of amides is 1. The Bertz CT molecular complexity index is 671. The van der Waals surface area contributed by atoms with Gasteiger partial charge in [0.25, 0.3) is 0 Å². The lowest BCUT2D eigenvalue weighted by molar-refractivity contribution is -0.188. The highest BCUT2D eigenvalue weighted by molar-refractivity contribution is 5.93. The predicted octanol–water partition coefficient (Wildman–Crippen LogP) is 4.70. The summed E-state index contributed by atoms with van der Waals surface area (Å²) in [5.41, 5.74) is 0.768. The van der Waals surface area contributed by atoms with Crippen LogP contribution < -0.4 is 5.32 Å². The molecule has 1 aromatic rings. The van der Waals surface area contributed by atoms with E-state index in [0.717, 1.165) is 24.9 Å². The Morgan fingerprint density at radius 1 is 1.15 bits per heavy atom. The topological polar surface area (TPSA) is 38.3 Å². The van der Waals surface area contributed by atoms with Gasteiger partial charge in [-0.05, 0) is 55.9 Å². The van der Waals surface area contributed by atoms with Gasteiger partial charge in [-0.2, -0.15) is 0 Å². The summed E-state index contributed by atoms with van der Waals surface area (Å²) < 4.78 is 6.20. The third kappa shape index (κ3) is 3.19. The highest BCUT2D eigenvalue weighted by Crippen LogP contribution is 2.64. The van der Waals surface area contributed by atoms with E-state index in [-0.39, 0.29) is 33.9 Å². The molecule has 0 aliphatic heterocycles. The van der Waals surface area contributed by atoms with Crippen molar-refractivity contribution in [2.45, 2.75) is 78.4 Å². The van der Waals surface area contributed by atoms with E-state index in [1.807, 2.05) is 18.2 Å². The minimum atomic E-state index is -0.372. The van der Waals surface area contributed by atoms with E-state index < -0.39 is 0 Å². The SMILES string of the molecule is CC(C)(C)OC1CC(CNC(=O)C2(c3ccccc3)CC2(C)C)C1(C)C. The molecule has 2 aliphatic rings. The van der Waals surface area contributed by atoms with E-state index >= 15 is 0 Å². The van der Waals surface area contributed by atoms with E-state index in [2.05, 4.69) is 65.9 Å². The fraction of sp³-hybridized carbons (Fsp3) is 0.696. The van der Waals surface area contributed by atoms with Gasteiger partial charge in [-0.25, -0.2) is 0 Å². The Hall–Kier alpha value is -1.35. The van der Waals surface area contributed by atoms with Gasteiger partial charge in [0.05, 0.1) is 17.1 Å². The Kier molecular flexibility index (Phi) is 4.54. The molecular formula is C23H35NO2. The summed E-state index contributed by atoms with van der Waals surface area (Å²) >= 11 is 0. The van der Waals surface area contributed by atoms with Crippen LogP contribution in [0.4, 0.5) is 0 Å². The molecule has 2 saturated carbocycles. The first-order chi connectivity index (χ1) is 11.9. The second-order valence-electron chi connectivity index (χ2n) is 10.5. The van der Waals surface area contributed by atoms with Crippen molar-refractivity contribution < 1.29 is 9.53 Å². The zero-order valence-corrected chi connectivity index (χ0v) is 17.5. The lowest BCUT2D eigenvalue weighted by Crippen LogP contribution is -2.57. The number of ether oxygens (including phenoxy) is 1. The Balaban J connectivity index is 1.63. The van der Waals surface area contributed by atoms with Gasteiger partial charge in [0.1, 0.15) is 0 Å². The Morgan fingerprint density at radius 3 is 2.19 bits per heavy atom. The second-order valence-corrected chi connectivity index (χ2v) is 10.5. The normalized spacial score (nSPS) is 31.8. The molecule has 3 heteroatoms. The molecule has 0 spiro atoms. The maximum atomic E-state index is 13.2. The number of nitrogens with one attached hydrogen (secondary N) is 1. The van der Waals surface area contributed by atoms with Crippen molar-refractivity contribution in [3.05, 3.63) is 35.9 Å². The summed E-state index contributed by atoms with van der Waals surface area (Å²) in [6.07, 6.45) is 2.20. The van der Waals surface area contributed by atoms with Gasteiger partial charge in [0.2, 0.25) is 5.91 Å². The molecule has 3 rings (SSSR count). The number of benzene rings is 1. The summed E-state index contributed by atoms with van der Waals surface area (Å²) in [5.74, 6) is 0.651. The number of rotatable bonds is 5. The first-order valence-corrected chi connectivity index (χ1v) is 9.92. The van der Waals surface area contributed by atoms with Crippen molar-refractivity contribution in [1.82, 2.24) is 5.32 Å². The lowest BCUT2D eigenvalue weighted by Gasteiger charge is -2.53. The van der Waals surface area contributed by atoms with E-state index in [1.54, 1.807) is 0 Å². The molecule has 0 heterocycles. The summed E-state index contributed by atoms with van der Waals surface area (Å²) in [6, 6.07) is 10.3. The van der Waals surface area contributed by atoms with E-state index in [4.69, 9.17) is 4.74 Å². The molecule has 0 aromatic heterocycles. The van der Waals surface area contributed by atoms with Crippen molar-refractivity contribution in [2.75, 3.05) is 6.54 Å². The van der Waals surface area contributed by atoms with Crippen LogP contribution in [-0.4, -0.2) is 24.2 Å². The van der Waals surface area contributed by atoms with Crippen LogP contribution in [0.1, 0.15) is 66.9 Å². The molecule has 1 N–H and O–H groups in total. The molecule has 0 saturated heterocycles. The zero-order chi connectivity index (χ0) is 19.4. The average Bonchev–Trinajstić information content (AvgIpc) is 3.13. The van der Waals surface area contributed by atoms with E-state index in [0.29, 0.717) is 5.92 Å². The molecular weight excluding hydrogens is 322 g/mol. The molecule has 1 aromatic carbocycles. The van der Waals surface area contributed by atoms with Crippen LogP contribution in [0.2, 0.25) is 0 Å². The van der Waals surface area contributed by atoms with Gasteiger partial charge in [0.15, 0.2) is 0 Å². The Morgan fingerprint density at radius 2 is 1.73 bits per heavy atom. The van der Waals surface area contributed by atoms with Crippen LogP contribution in [0.5, 0.6) is 0 Å². The molecule has 3 nitrogen and oxygen atoms in total. The van der Waals surface area contributed by atoms with Gasteiger partial charge < -0.3 is 10.1 Å². The van der Waals surface area contributed by atoms with Crippen molar-refractivity contribution in [2.24, 2.45) is 16.7 Å². The zero-order valence-electron chi connectivity index (χ0n) is 17.5. The van der Waals surface area contributed by atoms with E-state index in [1.165, 1.54) is 0 Å². The third-order valence-corrected chi connectivity index (χ3v) is 6.78. The maximum absolute atomic E-state index is 13.2. The molecule has 3 unspecified atom stereocenters. The second kappa shape index (κ2) is 6.09. The molecule has 1 amide bonds. The van der Waals surface area contributed by atoms with Crippen LogP contribution in [0.25, 0.3) is 0 Å². The van der Waals surface area contributed by atoms with Gasteiger partial charge in [0, 0.05) is 6.54 Å². The van der Waals surface area contributed by atoms with Crippen LogP contribution in [0.3, 0.4) is 0 Å². The summed E-state index contributed by atoms with van der Waals surface area (Å²) in [4.78, 5) is 13.2. The smallest absolute Gasteiger partial charge is 0.231 e. The summed E-state index contributed by atoms with van der Waals surface area (Å²) in [5, 5.41) is 3.29. The summed E-state index contributed by atoms with van der Waals surface area (Å²) in [6.45, 7) is 16.0. The predicted molar refractivity (Wildman–Crippen MR) is 106 cm³/mol. The first-order valence-electron chi connectivity index (χ1n) is 9.92. The fourth-order valence-electron chi connectivity index (χ4n) is 4.66. The molecule has 3 atom stereocenters. The van der Waals surface area contributed by atoms with Crippen molar-refractivity contribution in [3.63, 3.8) is 0 Å².